The maximum absolute atomic E-state index is 12.1. The normalized spacial score (nSPS) is 22.5. The van der Waals surface area contributed by atoms with Crippen LogP contribution in [0.2, 0.25) is 10.0 Å². The van der Waals surface area contributed by atoms with Crippen LogP contribution < -0.4 is 10.6 Å². The molecular weight excluding hydrogens is 461 g/mol. The lowest BCUT2D eigenvalue weighted by atomic mass is 10.1. The van der Waals surface area contributed by atoms with Gasteiger partial charge < -0.3 is 20.5 Å². The van der Waals surface area contributed by atoms with Crippen molar-refractivity contribution in [2.24, 2.45) is 5.11 Å². The van der Waals surface area contributed by atoms with Crippen LogP contribution >= 0.6 is 23.2 Å². The third-order valence-electron chi connectivity index (χ3n) is 5.02. The average Bonchev–Trinajstić information content (AvgIpc) is 3.36. The number of halogens is 2. The summed E-state index contributed by atoms with van der Waals surface area (Å²) < 4.78 is 7.19. The summed E-state index contributed by atoms with van der Waals surface area (Å²) in [5, 5.41) is 20.9. The first-order valence-electron chi connectivity index (χ1n) is 9.39. The van der Waals surface area contributed by atoms with Gasteiger partial charge in [-0.1, -0.05) is 28.3 Å². The molecule has 0 bridgehead atoms. The number of azide groups is 1. The number of hydrogen-bond donors (Lipinski definition) is 3. The number of likely N-dealkylation sites (N-methyl/N-ethyl adjacent to an activating group) is 1. The second kappa shape index (κ2) is 9.15. The fourth-order valence-corrected chi connectivity index (χ4v) is 3.84. The number of aromatic nitrogens is 4. The van der Waals surface area contributed by atoms with E-state index < -0.39 is 30.4 Å². The van der Waals surface area contributed by atoms with E-state index in [0.717, 1.165) is 5.56 Å². The van der Waals surface area contributed by atoms with E-state index in [0.29, 0.717) is 33.6 Å². The van der Waals surface area contributed by atoms with Crippen molar-refractivity contribution in [2.75, 3.05) is 12.4 Å². The lowest BCUT2D eigenvalue weighted by Gasteiger charge is -2.16. The van der Waals surface area contributed by atoms with Crippen LogP contribution in [0.4, 0.5) is 5.82 Å². The van der Waals surface area contributed by atoms with E-state index in [1.165, 1.54) is 24.3 Å². The number of carbonyl (C=O) groups is 1. The van der Waals surface area contributed by atoms with E-state index >= 15 is 0 Å². The lowest BCUT2D eigenvalue weighted by Crippen LogP contribution is -2.40. The molecule has 2 aromatic heterocycles. The van der Waals surface area contributed by atoms with E-state index in [-0.39, 0.29) is 0 Å². The van der Waals surface area contributed by atoms with Crippen LogP contribution in [-0.4, -0.2) is 55.8 Å². The summed E-state index contributed by atoms with van der Waals surface area (Å²) in [6.07, 6.45) is -0.794. The summed E-state index contributed by atoms with van der Waals surface area (Å²) in [5.74, 6) is -0.101. The van der Waals surface area contributed by atoms with Gasteiger partial charge in [-0.3, -0.25) is 9.36 Å². The van der Waals surface area contributed by atoms with Crippen LogP contribution in [-0.2, 0) is 16.1 Å². The predicted octanol–water partition coefficient (Wildman–Crippen LogP) is 2.43. The second-order valence-electron chi connectivity index (χ2n) is 6.88. The quantitative estimate of drug-likeness (QED) is 0.278. The van der Waals surface area contributed by atoms with Crippen LogP contribution in [0.1, 0.15) is 11.8 Å². The van der Waals surface area contributed by atoms with Gasteiger partial charge in [0.05, 0.1) is 6.33 Å². The minimum absolute atomic E-state index is 0.332. The Labute approximate surface area is 191 Å². The van der Waals surface area contributed by atoms with Crippen LogP contribution in [0.5, 0.6) is 0 Å². The van der Waals surface area contributed by atoms with Crippen molar-refractivity contribution in [3.05, 3.63) is 56.9 Å². The number of fused-ring (bicyclic) bond motifs is 1. The van der Waals surface area contributed by atoms with Gasteiger partial charge in [0.1, 0.15) is 24.6 Å². The first-order valence-corrected chi connectivity index (χ1v) is 10.1. The summed E-state index contributed by atoms with van der Waals surface area (Å²) >= 11 is 12.3. The summed E-state index contributed by atoms with van der Waals surface area (Å²) in [5.41, 5.74) is 10.4. The van der Waals surface area contributed by atoms with Gasteiger partial charge in [-0.15, -0.1) is 0 Å². The average molecular weight is 478 g/mol. The van der Waals surface area contributed by atoms with E-state index in [2.05, 4.69) is 35.6 Å². The van der Waals surface area contributed by atoms with Gasteiger partial charge in [0.2, 0.25) is 5.91 Å². The van der Waals surface area contributed by atoms with E-state index in [1.807, 2.05) is 0 Å². The smallest absolute Gasteiger partial charge is 0.249 e. The van der Waals surface area contributed by atoms with Crippen molar-refractivity contribution in [1.82, 2.24) is 24.8 Å². The summed E-state index contributed by atoms with van der Waals surface area (Å²) in [4.78, 5) is 27.6. The number of nitrogens with one attached hydrogen (secondary N) is 2. The highest BCUT2D eigenvalue weighted by Gasteiger charge is 2.48. The van der Waals surface area contributed by atoms with Gasteiger partial charge in [0.25, 0.3) is 0 Å². The van der Waals surface area contributed by atoms with Crippen molar-refractivity contribution >= 4 is 46.1 Å². The number of hydrogen-bond acceptors (Lipinski definition) is 8. The molecule has 1 aromatic carbocycles. The Hall–Kier alpha value is -3.15. The molecule has 4 rings (SSSR count). The molecule has 3 N–H and O–H groups in total. The zero-order chi connectivity index (χ0) is 22.8. The number of nitrogens with zero attached hydrogens (tertiary/aromatic N) is 7. The molecule has 1 fully saturated rings. The highest BCUT2D eigenvalue weighted by atomic mass is 35.5. The standard InChI is InChI=1S/C18H17Cl2N9O3/c1-22-17(31)14-11(27-28-21)13(30)18(32-14)29-7-26-12-15(24-6-25-16(12)29)23-5-8-4-9(19)2-3-10(8)20/h2-4,6-7,11,13-14,18,30H,5H2,1H3,(H,22,31)(H,23,24,25). The number of ether oxygens (including phenoxy) is 1. The van der Waals surface area contributed by atoms with Crippen molar-refractivity contribution < 1.29 is 14.6 Å². The molecule has 4 atom stereocenters. The Morgan fingerprint density at radius 1 is 1.38 bits per heavy atom. The highest BCUT2D eigenvalue weighted by molar-refractivity contribution is 6.33. The molecule has 0 saturated carbocycles. The van der Waals surface area contributed by atoms with Gasteiger partial charge in [0.15, 0.2) is 23.2 Å². The maximum atomic E-state index is 12.1. The Morgan fingerprint density at radius 3 is 2.94 bits per heavy atom. The van der Waals surface area contributed by atoms with Crippen molar-refractivity contribution in [3.8, 4) is 0 Å². The van der Waals surface area contributed by atoms with Crippen molar-refractivity contribution in [1.29, 1.82) is 0 Å². The molecule has 1 saturated heterocycles. The fourth-order valence-electron chi connectivity index (χ4n) is 3.46. The van der Waals surface area contributed by atoms with Gasteiger partial charge >= 0.3 is 0 Å². The number of amides is 1. The van der Waals surface area contributed by atoms with E-state index in [1.54, 1.807) is 18.2 Å². The molecular formula is C18H17Cl2N9O3. The number of anilines is 1. The molecule has 12 nitrogen and oxygen atoms in total. The topological polar surface area (TPSA) is 163 Å². The fraction of sp³-hybridized carbons (Fsp3) is 0.333. The zero-order valence-corrected chi connectivity index (χ0v) is 18.1. The Bertz CT molecular complexity index is 1210. The first kappa shape index (κ1) is 22.1. The third-order valence-corrected chi connectivity index (χ3v) is 5.62. The monoisotopic (exact) mass is 477 g/mol. The molecule has 1 amide bonds. The SMILES string of the molecule is CNC(=O)C1OC(n2cnc3c(NCc4cc(Cl)ccc4Cl)ncnc32)C(O)C1N=[N+]=[N-]. The zero-order valence-electron chi connectivity index (χ0n) is 16.6. The number of imidazole rings is 1. The summed E-state index contributed by atoms with van der Waals surface area (Å²) in [6, 6.07) is 4.02. The molecule has 0 aliphatic carbocycles. The number of rotatable bonds is 6. The summed E-state index contributed by atoms with van der Waals surface area (Å²) in [7, 11) is 1.42. The molecule has 3 heterocycles. The van der Waals surface area contributed by atoms with Gasteiger partial charge in [0, 0.05) is 28.5 Å². The van der Waals surface area contributed by atoms with E-state index in [4.69, 9.17) is 33.5 Å². The molecule has 14 heteroatoms. The second-order valence-corrected chi connectivity index (χ2v) is 7.73. The molecule has 1 aliphatic rings. The number of aliphatic hydroxyl groups is 1. The van der Waals surface area contributed by atoms with Crippen LogP contribution in [0.3, 0.4) is 0 Å². The van der Waals surface area contributed by atoms with Gasteiger partial charge in [-0.25, -0.2) is 15.0 Å². The van der Waals surface area contributed by atoms with Crippen LogP contribution in [0.15, 0.2) is 36.0 Å². The predicted molar refractivity (Wildman–Crippen MR) is 116 cm³/mol. The first-order chi connectivity index (χ1) is 15.4. The van der Waals surface area contributed by atoms with Crippen molar-refractivity contribution in [3.63, 3.8) is 0 Å². The number of carbonyl (C=O) groups excluding carboxylic acids is 1. The molecule has 4 unspecified atom stereocenters. The molecule has 0 radical (unpaired) electrons. The Morgan fingerprint density at radius 2 is 2.19 bits per heavy atom. The summed E-state index contributed by atoms with van der Waals surface area (Å²) in [6.45, 7) is 0.332. The largest absolute Gasteiger partial charge is 0.388 e. The third kappa shape index (κ3) is 4.01. The van der Waals surface area contributed by atoms with Crippen LogP contribution in [0, 0.1) is 0 Å². The molecule has 166 valence electrons. The number of aliphatic hydroxyl groups excluding tert-OH is 1. The Kier molecular flexibility index (Phi) is 6.31. The maximum Gasteiger partial charge on any atom is 0.249 e. The Balaban J connectivity index is 1.63. The molecule has 0 spiro atoms. The van der Waals surface area contributed by atoms with Gasteiger partial charge in [-0.2, -0.15) is 0 Å². The number of benzene rings is 1. The minimum atomic E-state index is -1.30. The molecule has 1 aliphatic heterocycles. The van der Waals surface area contributed by atoms with Crippen molar-refractivity contribution in [2.45, 2.75) is 31.0 Å². The lowest BCUT2D eigenvalue weighted by molar-refractivity contribution is -0.134. The minimum Gasteiger partial charge on any atom is -0.388 e. The molecule has 32 heavy (non-hydrogen) atoms. The van der Waals surface area contributed by atoms with Gasteiger partial charge in [-0.05, 0) is 29.3 Å². The highest BCUT2D eigenvalue weighted by Crippen LogP contribution is 2.34. The van der Waals surface area contributed by atoms with E-state index in [9.17, 15) is 9.90 Å². The van der Waals surface area contributed by atoms with Crippen LogP contribution in [0.25, 0.3) is 21.6 Å². The molecule has 3 aromatic rings.